The van der Waals surface area contributed by atoms with Crippen molar-refractivity contribution in [2.24, 2.45) is 13.0 Å². The van der Waals surface area contributed by atoms with Crippen LogP contribution in [0.2, 0.25) is 0 Å². The Labute approximate surface area is 135 Å². The zero-order chi connectivity index (χ0) is 15.0. The average Bonchev–Trinajstić information content (AvgIpc) is 3.16. The minimum absolute atomic E-state index is 0.469. The zero-order valence-corrected chi connectivity index (χ0v) is 14.8. The highest BCUT2D eigenvalue weighted by Crippen LogP contribution is 2.41. The molecule has 3 rings (SSSR count). The van der Waals surface area contributed by atoms with Crippen molar-refractivity contribution < 1.29 is 4.74 Å². The second-order valence-corrected chi connectivity index (χ2v) is 7.12. The summed E-state index contributed by atoms with van der Waals surface area (Å²) in [6, 6.07) is 0.488. The number of ether oxygens (including phenoxy) is 1. The number of aryl methyl sites for hydroxylation is 2. The van der Waals surface area contributed by atoms with Crippen LogP contribution < -0.4 is 5.32 Å². The lowest BCUT2D eigenvalue weighted by Gasteiger charge is -2.29. The Bertz CT molecular complexity index is 502. The fourth-order valence-corrected chi connectivity index (χ4v) is 4.77. The molecule has 2 aliphatic heterocycles. The molecule has 0 aromatic carbocycles. The molecule has 118 valence electrons. The maximum Gasteiger partial charge on any atom is 0.0766 e. The summed E-state index contributed by atoms with van der Waals surface area (Å²) in [6.07, 6.45) is 6.70. The average molecular weight is 356 g/mol. The lowest BCUT2D eigenvalue weighted by Crippen LogP contribution is -2.42. The molecule has 1 N–H and O–H groups in total. The van der Waals surface area contributed by atoms with E-state index in [2.05, 4.69) is 47.2 Å². The topological polar surface area (TPSA) is 39.1 Å². The number of likely N-dealkylation sites (N-methyl/N-ethyl adjacent to an activating group) is 1. The van der Waals surface area contributed by atoms with Crippen LogP contribution in [0.5, 0.6) is 0 Å². The summed E-state index contributed by atoms with van der Waals surface area (Å²) in [5.41, 5.74) is 2.47. The first-order valence-electron chi connectivity index (χ1n) is 8.23. The molecule has 2 fully saturated rings. The lowest BCUT2D eigenvalue weighted by atomic mass is 9.82. The summed E-state index contributed by atoms with van der Waals surface area (Å²) in [6.45, 7) is 5.36. The van der Waals surface area contributed by atoms with Gasteiger partial charge in [-0.1, -0.05) is 13.8 Å². The summed E-state index contributed by atoms with van der Waals surface area (Å²) in [5.74, 6) is 0.649. The van der Waals surface area contributed by atoms with Crippen molar-refractivity contribution in [3.8, 4) is 0 Å². The first-order valence-corrected chi connectivity index (χ1v) is 9.02. The van der Waals surface area contributed by atoms with Gasteiger partial charge in [-0.15, -0.1) is 0 Å². The minimum Gasteiger partial charge on any atom is -0.375 e. The molecule has 2 aliphatic rings. The molecule has 5 heteroatoms. The molecular weight excluding hydrogens is 330 g/mol. The van der Waals surface area contributed by atoms with E-state index in [9.17, 15) is 0 Å². The van der Waals surface area contributed by atoms with Gasteiger partial charge in [-0.3, -0.25) is 4.68 Å². The number of aromatic nitrogens is 2. The number of hydrogen-bond acceptors (Lipinski definition) is 3. The van der Waals surface area contributed by atoms with Gasteiger partial charge in [-0.25, -0.2) is 0 Å². The Morgan fingerprint density at radius 1 is 1.43 bits per heavy atom. The molecule has 1 aromatic heterocycles. The third-order valence-corrected chi connectivity index (χ3v) is 5.97. The summed E-state index contributed by atoms with van der Waals surface area (Å²) in [4.78, 5) is 0. The molecule has 21 heavy (non-hydrogen) atoms. The van der Waals surface area contributed by atoms with Gasteiger partial charge >= 0.3 is 0 Å². The number of halogens is 1. The second-order valence-electron chi connectivity index (χ2n) is 6.33. The van der Waals surface area contributed by atoms with Crippen LogP contribution in [-0.2, 0) is 24.6 Å². The van der Waals surface area contributed by atoms with Crippen molar-refractivity contribution in [1.82, 2.24) is 15.1 Å². The molecule has 0 spiro atoms. The predicted molar refractivity (Wildman–Crippen MR) is 87.5 cm³/mol. The number of rotatable bonds is 6. The van der Waals surface area contributed by atoms with Gasteiger partial charge in [0.15, 0.2) is 0 Å². The Morgan fingerprint density at radius 2 is 2.24 bits per heavy atom. The van der Waals surface area contributed by atoms with E-state index in [0.717, 1.165) is 25.1 Å². The van der Waals surface area contributed by atoms with Crippen molar-refractivity contribution in [1.29, 1.82) is 0 Å². The molecule has 3 heterocycles. The Balaban J connectivity index is 1.78. The van der Waals surface area contributed by atoms with E-state index in [1.807, 2.05) is 4.68 Å². The van der Waals surface area contributed by atoms with Crippen molar-refractivity contribution in [2.45, 2.75) is 64.2 Å². The number of nitrogens with zero attached hydrogens (tertiary/aromatic N) is 2. The van der Waals surface area contributed by atoms with Crippen molar-refractivity contribution >= 4 is 15.9 Å². The third-order valence-electron chi connectivity index (χ3n) is 5.05. The Hall–Kier alpha value is -0.390. The number of fused-ring (bicyclic) bond motifs is 2. The molecular formula is C16H26BrN3O. The summed E-state index contributed by atoms with van der Waals surface area (Å²) in [7, 11) is 2.06. The SMILES string of the molecule is CCNC(Cc1c(Br)c(CC)nn1C)C1CC2CCC1O2. The molecule has 2 bridgehead atoms. The maximum absolute atomic E-state index is 6.06. The summed E-state index contributed by atoms with van der Waals surface area (Å²) in [5, 5.41) is 8.32. The van der Waals surface area contributed by atoms with Crippen molar-refractivity contribution in [3.63, 3.8) is 0 Å². The lowest BCUT2D eigenvalue weighted by molar-refractivity contribution is 0.0857. The fraction of sp³-hybridized carbons (Fsp3) is 0.812. The maximum atomic E-state index is 6.06. The first kappa shape index (κ1) is 15.5. The van der Waals surface area contributed by atoms with Crippen LogP contribution in [0.1, 0.15) is 44.5 Å². The van der Waals surface area contributed by atoms with Crippen LogP contribution in [0.4, 0.5) is 0 Å². The smallest absolute Gasteiger partial charge is 0.0766 e. The predicted octanol–water partition coefficient (Wildman–Crippen LogP) is 2.83. The Morgan fingerprint density at radius 3 is 2.76 bits per heavy atom. The molecule has 0 amide bonds. The molecule has 4 atom stereocenters. The van der Waals surface area contributed by atoms with Gasteiger partial charge in [-0.05, 0) is 48.2 Å². The highest BCUT2D eigenvalue weighted by molar-refractivity contribution is 9.10. The van der Waals surface area contributed by atoms with Crippen LogP contribution in [0.15, 0.2) is 4.47 Å². The molecule has 0 saturated carbocycles. The normalized spacial score (nSPS) is 29.2. The molecule has 2 saturated heterocycles. The molecule has 4 nitrogen and oxygen atoms in total. The van der Waals surface area contributed by atoms with Crippen molar-refractivity contribution in [2.75, 3.05) is 6.54 Å². The van der Waals surface area contributed by atoms with Crippen LogP contribution in [-0.4, -0.2) is 34.6 Å². The molecule has 0 radical (unpaired) electrons. The monoisotopic (exact) mass is 355 g/mol. The van der Waals surface area contributed by atoms with Gasteiger partial charge in [0.2, 0.25) is 0 Å². The number of hydrogen-bond donors (Lipinski definition) is 1. The van der Waals surface area contributed by atoms with E-state index in [1.165, 1.54) is 29.4 Å². The van der Waals surface area contributed by atoms with Gasteiger partial charge < -0.3 is 10.1 Å². The highest BCUT2D eigenvalue weighted by atomic mass is 79.9. The largest absolute Gasteiger partial charge is 0.375 e. The Kier molecular flexibility index (Phi) is 4.71. The van der Waals surface area contributed by atoms with Crippen molar-refractivity contribution in [3.05, 3.63) is 15.9 Å². The van der Waals surface area contributed by atoms with E-state index in [4.69, 9.17) is 4.74 Å². The van der Waals surface area contributed by atoms with Crippen LogP contribution in [0.25, 0.3) is 0 Å². The standard InChI is InChI=1S/C16H26BrN3O/c1-4-12-16(17)14(20(3)19-12)9-13(18-5-2)11-8-10-6-7-15(11)21-10/h10-11,13,15,18H,4-9H2,1-3H3. The first-order chi connectivity index (χ1) is 10.1. The van der Waals surface area contributed by atoms with Gasteiger partial charge in [0.05, 0.1) is 28.1 Å². The van der Waals surface area contributed by atoms with E-state index in [0.29, 0.717) is 24.2 Å². The third kappa shape index (κ3) is 2.92. The quantitative estimate of drug-likeness (QED) is 0.852. The van der Waals surface area contributed by atoms with E-state index >= 15 is 0 Å². The highest BCUT2D eigenvalue weighted by Gasteiger charge is 2.44. The van der Waals surface area contributed by atoms with Gasteiger partial charge in [-0.2, -0.15) is 5.10 Å². The van der Waals surface area contributed by atoms with E-state index < -0.39 is 0 Å². The second kappa shape index (κ2) is 6.39. The fourth-order valence-electron chi connectivity index (χ4n) is 3.99. The van der Waals surface area contributed by atoms with E-state index in [1.54, 1.807) is 0 Å². The van der Waals surface area contributed by atoms with Crippen LogP contribution >= 0.6 is 15.9 Å². The summed E-state index contributed by atoms with van der Waals surface area (Å²) < 4.78 is 9.30. The summed E-state index contributed by atoms with van der Waals surface area (Å²) >= 11 is 3.75. The van der Waals surface area contributed by atoms with Crippen LogP contribution in [0, 0.1) is 5.92 Å². The van der Waals surface area contributed by atoms with Crippen LogP contribution in [0.3, 0.4) is 0 Å². The van der Waals surface area contributed by atoms with Gasteiger partial charge in [0.1, 0.15) is 0 Å². The zero-order valence-electron chi connectivity index (χ0n) is 13.2. The molecule has 0 aliphatic carbocycles. The minimum atomic E-state index is 0.469. The molecule has 4 unspecified atom stereocenters. The molecule has 1 aromatic rings. The van der Waals surface area contributed by atoms with E-state index in [-0.39, 0.29) is 0 Å². The van der Waals surface area contributed by atoms with Gasteiger partial charge in [0.25, 0.3) is 0 Å². The number of nitrogens with one attached hydrogen (secondary N) is 1. The van der Waals surface area contributed by atoms with Gasteiger partial charge in [0, 0.05) is 25.4 Å².